The average molecular weight is 686 g/mol. The molecule has 0 amide bonds. The standard InChI is InChI=1S/C47H35N5O/c1-33-28-45(48-31-42(33)34-14-5-2-6-15-34)52-44-30-39(53-38-21-13-20-37(29-38)50-27-26-49(32-50)35-16-7-3-8-17-35)24-25-41(44)46-47(52)40-22-11-12-23-43(40)51(46)36-18-9-4-10-19-36/h2-31H,32H2,1H3. The fourth-order valence-electron chi connectivity index (χ4n) is 7.68. The molecule has 6 nitrogen and oxygen atoms in total. The number of anilines is 2. The van der Waals surface area contributed by atoms with Gasteiger partial charge in [0.05, 0.1) is 28.7 Å². The summed E-state index contributed by atoms with van der Waals surface area (Å²) in [6.45, 7) is 2.90. The van der Waals surface area contributed by atoms with Gasteiger partial charge >= 0.3 is 0 Å². The number of hydrogen-bond acceptors (Lipinski definition) is 4. The molecule has 0 radical (unpaired) electrons. The van der Waals surface area contributed by atoms with Gasteiger partial charge in [-0.3, -0.25) is 4.57 Å². The average Bonchev–Trinajstić information content (AvgIpc) is 3.92. The Balaban J connectivity index is 1.11. The van der Waals surface area contributed by atoms with Crippen LogP contribution in [0.3, 0.4) is 0 Å². The number of pyridine rings is 1. The van der Waals surface area contributed by atoms with Crippen LogP contribution in [0.1, 0.15) is 5.56 Å². The van der Waals surface area contributed by atoms with Gasteiger partial charge in [-0.2, -0.15) is 0 Å². The van der Waals surface area contributed by atoms with E-state index in [4.69, 9.17) is 9.72 Å². The summed E-state index contributed by atoms with van der Waals surface area (Å²) in [6.07, 6.45) is 6.23. The zero-order valence-electron chi connectivity index (χ0n) is 29.2. The van der Waals surface area contributed by atoms with Crippen molar-refractivity contribution in [2.75, 3.05) is 16.5 Å². The van der Waals surface area contributed by atoms with Crippen LogP contribution in [-0.2, 0) is 0 Å². The van der Waals surface area contributed by atoms with Crippen LogP contribution >= 0.6 is 0 Å². The molecule has 0 aliphatic carbocycles. The lowest BCUT2D eigenvalue weighted by Gasteiger charge is -2.22. The maximum Gasteiger partial charge on any atom is 0.137 e. The van der Waals surface area contributed by atoms with Gasteiger partial charge in [-0.15, -0.1) is 0 Å². The van der Waals surface area contributed by atoms with E-state index in [0.717, 1.165) is 90.6 Å². The van der Waals surface area contributed by atoms with Crippen LogP contribution in [-0.4, -0.2) is 20.8 Å². The predicted octanol–water partition coefficient (Wildman–Crippen LogP) is 11.6. The monoisotopic (exact) mass is 685 g/mol. The third kappa shape index (κ3) is 5.31. The fourth-order valence-corrected chi connectivity index (χ4v) is 7.68. The molecular formula is C47H35N5O. The Labute approximate surface area is 307 Å². The van der Waals surface area contributed by atoms with E-state index in [0.29, 0.717) is 0 Å². The van der Waals surface area contributed by atoms with Crippen LogP contribution in [0.25, 0.3) is 55.5 Å². The molecule has 0 fully saturated rings. The summed E-state index contributed by atoms with van der Waals surface area (Å²) in [5.41, 5.74) is 11.2. The summed E-state index contributed by atoms with van der Waals surface area (Å²) in [7, 11) is 0. The summed E-state index contributed by atoms with van der Waals surface area (Å²) in [4.78, 5) is 9.60. The highest BCUT2D eigenvalue weighted by atomic mass is 16.5. The number of benzene rings is 6. The molecule has 0 atom stereocenters. The lowest BCUT2D eigenvalue weighted by Crippen LogP contribution is -2.24. The zero-order valence-corrected chi connectivity index (χ0v) is 29.2. The first-order valence-electron chi connectivity index (χ1n) is 17.9. The predicted molar refractivity (Wildman–Crippen MR) is 218 cm³/mol. The second-order valence-corrected chi connectivity index (χ2v) is 13.4. The Morgan fingerprint density at radius 1 is 0.509 bits per heavy atom. The van der Waals surface area contributed by atoms with Gasteiger partial charge in [0, 0.05) is 64.1 Å². The molecule has 10 rings (SSSR count). The van der Waals surface area contributed by atoms with E-state index in [9.17, 15) is 0 Å². The van der Waals surface area contributed by atoms with Crippen LogP contribution in [0.5, 0.6) is 11.5 Å². The molecule has 0 N–H and O–H groups in total. The Morgan fingerprint density at radius 2 is 1.13 bits per heavy atom. The van der Waals surface area contributed by atoms with E-state index < -0.39 is 0 Å². The summed E-state index contributed by atoms with van der Waals surface area (Å²) in [5.74, 6) is 2.39. The first-order valence-corrected chi connectivity index (χ1v) is 17.9. The van der Waals surface area contributed by atoms with Crippen LogP contribution < -0.4 is 14.5 Å². The number of fused-ring (bicyclic) bond motifs is 5. The molecule has 6 aromatic carbocycles. The van der Waals surface area contributed by atoms with Crippen LogP contribution in [0, 0.1) is 6.92 Å². The van der Waals surface area contributed by atoms with Crippen molar-refractivity contribution in [2.45, 2.75) is 6.92 Å². The van der Waals surface area contributed by atoms with Crippen molar-refractivity contribution in [1.82, 2.24) is 14.1 Å². The van der Waals surface area contributed by atoms with Crippen molar-refractivity contribution >= 4 is 44.2 Å². The molecule has 0 bridgehead atoms. The zero-order chi connectivity index (χ0) is 35.3. The minimum absolute atomic E-state index is 0.730. The van der Waals surface area contributed by atoms with Gasteiger partial charge in [0.15, 0.2) is 0 Å². The Morgan fingerprint density at radius 3 is 1.91 bits per heavy atom. The molecule has 0 spiro atoms. The van der Waals surface area contributed by atoms with E-state index in [1.165, 1.54) is 0 Å². The molecule has 4 heterocycles. The highest BCUT2D eigenvalue weighted by Crippen LogP contribution is 2.42. The van der Waals surface area contributed by atoms with Gasteiger partial charge < -0.3 is 19.1 Å². The first-order chi connectivity index (χ1) is 26.2. The Kier molecular flexibility index (Phi) is 7.32. The second-order valence-electron chi connectivity index (χ2n) is 13.4. The van der Waals surface area contributed by atoms with Gasteiger partial charge in [0.1, 0.15) is 17.3 Å². The maximum atomic E-state index is 6.66. The second kappa shape index (κ2) is 12.6. The Hall–Kier alpha value is -7.05. The Bertz CT molecular complexity index is 2800. The van der Waals surface area contributed by atoms with Gasteiger partial charge in [-0.1, -0.05) is 91.0 Å². The molecule has 9 aromatic rings. The first kappa shape index (κ1) is 30.7. The van der Waals surface area contributed by atoms with E-state index >= 15 is 0 Å². The van der Waals surface area contributed by atoms with Crippen molar-refractivity contribution in [3.05, 3.63) is 188 Å². The molecule has 0 saturated heterocycles. The number of aryl methyl sites for hydroxylation is 1. The number of ether oxygens (including phenoxy) is 1. The van der Waals surface area contributed by atoms with E-state index in [1.54, 1.807) is 0 Å². The third-order valence-corrected chi connectivity index (χ3v) is 10.2. The van der Waals surface area contributed by atoms with E-state index in [1.807, 2.05) is 24.4 Å². The number of rotatable bonds is 7. The maximum absolute atomic E-state index is 6.66. The highest BCUT2D eigenvalue weighted by Gasteiger charge is 2.23. The minimum atomic E-state index is 0.730. The van der Waals surface area contributed by atoms with Crippen molar-refractivity contribution in [1.29, 1.82) is 0 Å². The molecule has 6 heteroatoms. The van der Waals surface area contributed by atoms with Gasteiger partial charge in [-0.25, -0.2) is 4.98 Å². The topological polar surface area (TPSA) is 38.5 Å². The number of aromatic nitrogens is 3. The third-order valence-electron chi connectivity index (χ3n) is 10.2. The number of nitrogens with zero attached hydrogens (tertiary/aromatic N) is 5. The molecule has 3 aromatic heterocycles. The minimum Gasteiger partial charge on any atom is -0.457 e. The SMILES string of the molecule is Cc1cc(-n2c3cc(Oc4cccc(N5C=CN(c6ccccc6)C5)c4)ccc3c3c2c2ccccc2n3-c2ccccc2)ncc1-c1ccccc1. The lowest BCUT2D eigenvalue weighted by molar-refractivity contribution is 0.483. The molecule has 0 unspecified atom stereocenters. The smallest absolute Gasteiger partial charge is 0.137 e. The van der Waals surface area contributed by atoms with Gasteiger partial charge in [-0.05, 0) is 78.7 Å². The lowest BCUT2D eigenvalue weighted by atomic mass is 10.0. The van der Waals surface area contributed by atoms with Gasteiger partial charge in [0.25, 0.3) is 0 Å². The molecular weight excluding hydrogens is 651 g/mol. The molecule has 0 saturated carbocycles. The molecule has 1 aliphatic heterocycles. The summed E-state index contributed by atoms with van der Waals surface area (Å²) in [6, 6.07) is 57.1. The van der Waals surface area contributed by atoms with Crippen molar-refractivity contribution in [2.24, 2.45) is 0 Å². The van der Waals surface area contributed by atoms with E-state index in [-0.39, 0.29) is 0 Å². The van der Waals surface area contributed by atoms with E-state index in [2.05, 4.69) is 184 Å². The van der Waals surface area contributed by atoms with Crippen LogP contribution in [0.15, 0.2) is 182 Å². The number of hydrogen-bond donors (Lipinski definition) is 0. The van der Waals surface area contributed by atoms with Crippen molar-refractivity contribution < 1.29 is 4.74 Å². The number of para-hydroxylation sites is 3. The highest BCUT2D eigenvalue weighted by molar-refractivity contribution is 6.20. The summed E-state index contributed by atoms with van der Waals surface area (Å²) < 4.78 is 11.3. The van der Waals surface area contributed by atoms with Gasteiger partial charge in [0.2, 0.25) is 0 Å². The fraction of sp³-hybridized carbons (Fsp3) is 0.0426. The normalized spacial score (nSPS) is 12.8. The molecule has 254 valence electrons. The molecule has 1 aliphatic rings. The quantitative estimate of drug-likeness (QED) is 0.167. The largest absolute Gasteiger partial charge is 0.457 e. The summed E-state index contributed by atoms with van der Waals surface area (Å²) >= 11 is 0. The summed E-state index contributed by atoms with van der Waals surface area (Å²) in [5, 5.41) is 2.28. The van der Waals surface area contributed by atoms with Crippen LogP contribution in [0.2, 0.25) is 0 Å². The van der Waals surface area contributed by atoms with Crippen molar-refractivity contribution in [3.8, 4) is 34.1 Å². The van der Waals surface area contributed by atoms with Crippen LogP contribution in [0.4, 0.5) is 11.4 Å². The molecule has 53 heavy (non-hydrogen) atoms. The van der Waals surface area contributed by atoms with Crippen molar-refractivity contribution in [3.63, 3.8) is 0 Å².